The van der Waals surface area contributed by atoms with E-state index in [-0.39, 0.29) is 12.0 Å². The first-order valence-corrected chi connectivity index (χ1v) is 6.76. The molecule has 0 spiro atoms. The molecule has 0 saturated carbocycles. The summed E-state index contributed by atoms with van der Waals surface area (Å²) in [5.41, 5.74) is 2.30. The fourth-order valence-corrected chi connectivity index (χ4v) is 2.61. The van der Waals surface area contributed by atoms with Gasteiger partial charge in [0.15, 0.2) is 5.65 Å². The first-order chi connectivity index (χ1) is 9.56. The minimum Gasteiger partial charge on any atom is -0.375 e. The first-order valence-electron chi connectivity index (χ1n) is 6.76. The summed E-state index contributed by atoms with van der Waals surface area (Å²) in [5, 5.41) is 5.25. The molecule has 6 heteroatoms. The second-order valence-electron chi connectivity index (χ2n) is 5.24. The Labute approximate surface area is 117 Å². The van der Waals surface area contributed by atoms with Crippen LogP contribution in [0.2, 0.25) is 0 Å². The van der Waals surface area contributed by atoms with Crippen molar-refractivity contribution in [2.24, 2.45) is 7.05 Å². The van der Waals surface area contributed by atoms with Gasteiger partial charge in [0.25, 0.3) is 5.91 Å². The number of rotatable bonds is 1. The van der Waals surface area contributed by atoms with Gasteiger partial charge in [-0.25, -0.2) is 4.98 Å². The van der Waals surface area contributed by atoms with Gasteiger partial charge in [-0.2, -0.15) is 5.10 Å². The van der Waals surface area contributed by atoms with Crippen LogP contribution < -0.4 is 0 Å². The molecule has 3 rings (SSSR count). The van der Waals surface area contributed by atoms with Crippen LogP contribution in [0.15, 0.2) is 12.3 Å². The number of carbonyl (C=O) groups excluding carboxylic acids is 1. The maximum atomic E-state index is 12.5. The lowest BCUT2D eigenvalue weighted by Gasteiger charge is -2.31. The molecule has 6 nitrogen and oxygen atoms in total. The number of nitrogens with zero attached hydrogens (tertiary/aromatic N) is 4. The van der Waals surface area contributed by atoms with Gasteiger partial charge in [0.05, 0.1) is 24.0 Å². The second kappa shape index (κ2) is 4.86. The first kappa shape index (κ1) is 13.1. The van der Waals surface area contributed by atoms with Gasteiger partial charge in [0.1, 0.15) is 0 Å². The zero-order chi connectivity index (χ0) is 14.3. The monoisotopic (exact) mass is 274 g/mol. The smallest absolute Gasteiger partial charge is 0.255 e. The van der Waals surface area contributed by atoms with Crippen LogP contribution in [0.4, 0.5) is 0 Å². The van der Waals surface area contributed by atoms with E-state index in [0.29, 0.717) is 25.3 Å². The average molecular weight is 274 g/mol. The number of carbonyl (C=O) groups is 1. The molecule has 1 aliphatic rings. The normalized spacial score (nSPS) is 19.6. The fraction of sp³-hybridized carbons (Fsp3) is 0.500. The van der Waals surface area contributed by atoms with Crippen molar-refractivity contribution in [1.29, 1.82) is 0 Å². The fourth-order valence-electron chi connectivity index (χ4n) is 2.61. The molecule has 0 aromatic carbocycles. The third-order valence-electron chi connectivity index (χ3n) is 3.64. The van der Waals surface area contributed by atoms with Crippen molar-refractivity contribution in [1.82, 2.24) is 19.7 Å². The van der Waals surface area contributed by atoms with E-state index >= 15 is 0 Å². The molecular weight excluding hydrogens is 256 g/mol. The van der Waals surface area contributed by atoms with Crippen LogP contribution in [-0.4, -0.2) is 51.4 Å². The Balaban J connectivity index is 1.93. The van der Waals surface area contributed by atoms with E-state index in [1.54, 1.807) is 10.9 Å². The van der Waals surface area contributed by atoms with Crippen LogP contribution in [0, 0.1) is 6.92 Å². The number of pyridine rings is 1. The van der Waals surface area contributed by atoms with Gasteiger partial charge in [-0.3, -0.25) is 9.48 Å². The van der Waals surface area contributed by atoms with Crippen LogP contribution in [0.1, 0.15) is 23.0 Å². The van der Waals surface area contributed by atoms with E-state index in [1.807, 2.05) is 31.9 Å². The Morgan fingerprint density at radius 1 is 1.50 bits per heavy atom. The lowest BCUT2D eigenvalue weighted by Crippen LogP contribution is -2.44. The molecule has 1 fully saturated rings. The van der Waals surface area contributed by atoms with Crippen LogP contribution in [0.3, 0.4) is 0 Å². The third kappa shape index (κ3) is 2.16. The summed E-state index contributed by atoms with van der Waals surface area (Å²) < 4.78 is 7.20. The molecule has 0 aliphatic carbocycles. The van der Waals surface area contributed by atoms with Gasteiger partial charge in [0, 0.05) is 31.7 Å². The molecular formula is C14H18N4O2. The largest absolute Gasteiger partial charge is 0.375 e. The molecule has 1 amide bonds. The molecule has 1 atom stereocenters. The number of ether oxygens (including phenoxy) is 1. The Kier molecular flexibility index (Phi) is 3.17. The van der Waals surface area contributed by atoms with Gasteiger partial charge in [-0.15, -0.1) is 0 Å². The molecule has 2 aromatic rings. The number of hydrogen-bond acceptors (Lipinski definition) is 4. The van der Waals surface area contributed by atoms with Crippen molar-refractivity contribution < 1.29 is 9.53 Å². The molecule has 1 unspecified atom stereocenters. The highest BCUT2D eigenvalue weighted by molar-refractivity contribution is 5.97. The van der Waals surface area contributed by atoms with E-state index in [0.717, 1.165) is 16.7 Å². The number of morpholine rings is 1. The molecule has 1 aliphatic heterocycles. The summed E-state index contributed by atoms with van der Waals surface area (Å²) in [4.78, 5) is 18.7. The minimum absolute atomic E-state index is 0.0119. The number of hydrogen-bond donors (Lipinski definition) is 0. The highest BCUT2D eigenvalue weighted by Gasteiger charge is 2.23. The van der Waals surface area contributed by atoms with E-state index in [1.165, 1.54) is 0 Å². The maximum absolute atomic E-state index is 12.5. The Hall–Kier alpha value is -1.95. The Bertz CT molecular complexity index is 664. The molecule has 0 radical (unpaired) electrons. The van der Waals surface area contributed by atoms with Crippen molar-refractivity contribution in [3.05, 3.63) is 23.5 Å². The maximum Gasteiger partial charge on any atom is 0.255 e. The quantitative estimate of drug-likeness (QED) is 0.782. The number of aryl methyl sites for hydroxylation is 2. The second-order valence-corrected chi connectivity index (χ2v) is 5.24. The zero-order valence-electron chi connectivity index (χ0n) is 12.0. The van der Waals surface area contributed by atoms with Crippen molar-refractivity contribution >= 4 is 16.9 Å². The zero-order valence-corrected chi connectivity index (χ0v) is 12.0. The van der Waals surface area contributed by atoms with Crippen LogP contribution in [0.25, 0.3) is 11.0 Å². The van der Waals surface area contributed by atoms with Gasteiger partial charge >= 0.3 is 0 Å². The number of aromatic nitrogens is 3. The van der Waals surface area contributed by atoms with Crippen LogP contribution >= 0.6 is 0 Å². The van der Waals surface area contributed by atoms with Gasteiger partial charge in [-0.1, -0.05) is 0 Å². The molecule has 20 heavy (non-hydrogen) atoms. The predicted molar refractivity (Wildman–Crippen MR) is 74.6 cm³/mol. The van der Waals surface area contributed by atoms with Gasteiger partial charge in [-0.05, 0) is 19.9 Å². The third-order valence-corrected chi connectivity index (χ3v) is 3.64. The number of amides is 1. The Morgan fingerprint density at radius 3 is 3.05 bits per heavy atom. The molecule has 1 saturated heterocycles. The average Bonchev–Trinajstić information content (AvgIpc) is 2.73. The Morgan fingerprint density at radius 2 is 2.30 bits per heavy atom. The van der Waals surface area contributed by atoms with Gasteiger partial charge < -0.3 is 9.64 Å². The summed E-state index contributed by atoms with van der Waals surface area (Å²) in [7, 11) is 1.85. The summed E-state index contributed by atoms with van der Waals surface area (Å²) in [6.07, 6.45) is 1.72. The van der Waals surface area contributed by atoms with Crippen molar-refractivity contribution in [2.75, 3.05) is 19.7 Å². The van der Waals surface area contributed by atoms with E-state index in [9.17, 15) is 4.79 Å². The molecule has 0 bridgehead atoms. The molecule has 3 heterocycles. The van der Waals surface area contributed by atoms with Crippen LogP contribution in [-0.2, 0) is 11.8 Å². The molecule has 2 aromatic heterocycles. The lowest BCUT2D eigenvalue weighted by molar-refractivity contribution is -0.0124. The van der Waals surface area contributed by atoms with Crippen molar-refractivity contribution in [3.8, 4) is 0 Å². The van der Waals surface area contributed by atoms with E-state index in [2.05, 4.69) is 10.1 Å². The summed E-state index contributed by atoms with van der Waals surface area (Å²) in [5.74, 6) is 0.0119. The van der Waals surface area contributed by atoms with Crippen molar-refractivity contribution in [2.45, 2.75) is 20.0 Å². The van der Waals surface area contributed by atoms with Gasteiger partial charge in [0.2, 0.25) is 0 Å². The standard InChI is InChI=1S/C14H18N4O2/c1-9-8-18(4-5-20-9)14(19)11-6-12-10(2)16-17(3)13(12)15-7-11/h6-7,9H,4-5,8H2,1-3H3. The van der Waals surface area contributed by atoms with E-state index < -0.39 is 0 Å². The highest BCUT2D eigenvalue weighted by Crippen LogP contribution is 2.18. The molecule has 0 N–H and O–H groups in total. The number of fused-ring (bicyclic) bond motifs is 1. The summed E-state index contributed by atoms with van der Waals surface area (Å²) in [6, 6.07) is 1.88. The molecule has 106 valence electrons. The topological polar surface area (TPSA) is 60.2 Å². The highest BCUT2D eigenvalue weighted by atomic mass is 16.5. The van der Waals surface area contributed by atoms with Crippen LogP contribution in [0.5, 0.6) is 0 Å². The van der Waals surface area contributed by atoms with E-state index in [4.69, 9.17) is 4.74 Å². The minimum atomic E-state index is 0.0119. The summed E-state index contributed by atoms with van der Waals surface area (Å²) >= 11 is 0. The lowest BCUT2D eigenvalue weighted by atomic mass is 10.1. The van der Waals surface area contributed by atoms with Crippen molar-refractivity contribution in [3.63, 3.8) is 0 Å². The summed E-state index contributed by atoms with van der Waals surface area (Å²) in [6.45, 7) is 5.76. The predicted octanol–water partition coefficient (Wildman–Crippen LogP) is 1.14. The SMILES string of the molecule is Cc1nn(C)c2ncc(C(=O)N3CCOC(C)C3)cc12.